The maximum atomic E-state index is 12.1. The molecule has 1 saturated heterocycles. The van der Waals surface area contributed by atoms with E-state index < -0.39 is 20.4 Å². The van der Waals surface area contributed by atoms with Gasteiger partial charge >= 0.3 is 0 Å². The molecule has 4 heterocycles. The lowest BCUT2D eigenvalue weighted by Gasteiger charge is -2.60. The lowest BCUT2D eigenvalue weighted by atomic mass is 9.71. The van der Waals surface area contributed by atoms with Crippen LogP contribution in [0.3, 0.4) is 0 Å². The summed E-state index contributed by atoms with van der Waals surface area (Å²) in [6, 6.07) is 24.6. The Morgan fingerprint density at radius 3 is 2.16 bits per heavy atom. The highest BCUT2D eigenvalue weighted by atomic mass is 28.4. The fraction of sp³-hybridized carbons (Fsp3) is 0.432. The Bertz CT molecular complexity index is 2090. The number of ether oxygens (including phenoxy) is 5. The molecular weight excluding hydrogens is 711 g/mol. The molecule has 2 bridgehead atoms. The van der Waals surface area contributed by atoms with Crippen LogP contribution < -0.4 is 29.3 Å². The van der Waals surface area contributed by atoms with Crippen LogP contribution in [0.4, 0.5) is 0 Å². The molecule has 4 aromatic carbocycles. The monoisotopic (exact) mass is 761 g/mol. The molecule has 0 radical (unpaired) electrons. The molecular formula is C44H51N3O7Si. The predicted molar refractivity (Wildman–Crippen MR) is 212 cm³/mol. The molecule has 0 amide bonds. The van der Waals surface area contributed by atoms with Crippen molar-refractivity contribution in [1.29, 1.82) is 5.26 Å². The van der Waals surface area contributed by atoms with Crippen molar-refractivity contribution in [2.24, 2.45) is 0 Å². The summed E-state index contributed by atoms with van der Waals surface area (Å²) in [6.45, 7) is 11.1. The van der Waals surface area contributed by atoms with Gasteiger partial charge in [-0.1, -0.05) is 87.5 Å². The number of phenols is 1. The second kappa shape index (κ2) is 14.2. The molecule has 11 heteroatoms. The van der Waals surface area contributed by atoms with E-state index in [1.165, 1.54) is 10.4 Å². The molecule has 288 valence electrons. The Morgan fingerprint density at radius 1 is 0.909 bits per heavy atom. The van der Waals surface area contributed by atoms with Crippen LogP contribution >= 0.6 is 0 Å². The third-order valence-electron chi connectivity index (χ3n) is 12.5. The maximum Gasteiger partial charge on any atom is 0.261 e. The Morgan fingerprint density at radius 2 is 1.56 bits per heavy atom. The van der Waals surface area contributed by atoms with Crippen LogP contribution in [0.5, 0.6) is 28.7 Å². The zero-order valence-electron chi connectivity index (χ0n) is 33.0. The minimum absolute atomic E-state index is 0.0557. The Balaban J connectivity index is 1.36. The van der Waals surface area contributed by atoms with Gasteiger partial charge in [0, 0.05) is 41.4 Å². The van der Waals surface area contributed by atoms with Crippen LogP contribution in [0.25, 0.3) is 0 Å². The molecule has 4 aromatic rings. The van der Waals surface area contributed by atoms with Crippen molar-refractivity contribution in [1.82, 2.24) is 9.80 Å². The van der Waals surface area contributed by atoms with Crippen molar-refractivity contribution in [2.45, 2.75) is 82.7 Å². The second-order valence-corrected chi connectivity index (χ2v) is 20.6. The lowest BCUT2D eigenvalue weighted by molar-refractivity contribution is -0.0819. The van der Waals surface area contributed by atoms with Gasteiger partial charge in [-0.05, 0) is 60.3 Å². The maximum absolute atomic E-state index is 12.1. The highest BCUT2D eigenvalue weighted by Gasteiger charge is 2.58. The van der Waals surface area contributed by atoms with Crippen molar-refractivity contribution in [3.8, 4) is 34.8 Å². The van der Waals surface area contributed by atoms with Crippen molar-refractivity contribution in [3.63, 3.8) is 0 Å². The summed E-state index contributed by atoms with van der Waals surface area (Å²) in [5.74, 6) is 2.70. The normalized spacial score (nSPS) is 23.0. The van der Waals surface area contributed by atoms with Gasteiger partial charge in [0.05, 0.1) is 31.9 Å². The molecule has 1 fully saturated rings. The van der Waals surface area contributed by atoms with E-state index in [1.54, 1.807) is 14.2 Å². The van der Waals surface area contributed by atoms with E-state index >= 15 is 0 Å². The van der Waals surface area contributed by atoms with Gasteiger partial charge in [0.25, 0.3) is 8.32 Å². The highest BCUT2D eigenvalue weighted by Crippen LogP contribution is 2.58. The molecule has 0 aromatic heterocycles. The van der Waals surface area contributed by atoms with Crippen molar-refractivity contribution in [3.05, 3.63) is 100 Å². The molecule has 1 N–H and O–H groups in total. The smallest absolute Gasteiger partial charge is 0.261 e. The van der Waals surface area contributed by atoms with Gasteiger partial charge in [0.15, 0.2) is 29.8 Å². The van der Waals surface area contributed by atoms with Gasteiger partial charge < -0.3 is 33.2 Å². The number of aromatic hydroxyl groups is 1. The zero-order chi connectivity index (χ0) is 38.8. The van der Waals surface area contributed by atoms with Crippen molar-refractivity contribution < 1.29 is 33.2 Å². The van der Waals surface area contributed by atoms with Crippen LogP contribution in [-0.4, -0.2) is 82.8 Å². The van der Waals surface area contributed by atoms with E-state index in [1.807, 2.05) is 26.0 Å². The number of hydrogen-bond donors (Lipinski definition) is 1. The molecule has 8 rings (SSSR count). The summed E-state index contributed by atoms with van der Waals surface area (Å²) in [5.41, 5.74) is 5.41. The van der Waals surface area contributed by atoms with Crippen LogP contribution in [0.1, 0.15) is 66.2 Å². The summed E-state index contributed by atoms with van der Waals surface area (Å²) in [6.07, 6.45) is 1.11. The van der Waals surface area contributed by atoms with E-state index in [-0.39, 0.29) is 49.1 Å². The first-order chi connectivity index (χ1) is 26.5. The number of likely N-dealkylation sites (N-methyl/N-ethyl adjacent to an activating group) is 1. The lowest BCUT2D eigenvalue weighted by Crippen LogP contribution is -2.70. The molecule has 0 saturated carbocycles. The summed E-state index contributed by atoms with van der Waals surface area (Å²) in [5, 5.41) is 25.4. The topological polar surface area (TPSA) is 106 Å². The molecule has 55 heavy (non-hydrogen) atoms. The third kappa shape index (κ3) is 5.64. The molecule has 5 atom stereocenters. The van der Waals surface area contributed by atoms with Gasteiger partial charge in [0.1, 0.15) is 11.8 Å². The molecule has 0 aliphatic carbocycles. The van der Waals surface area contributed by atoms with Gasteiger partial charge in [-0.15, -0.1) is 0 Å². The van der Waals surface area contributed by atoms with Gasteiger partial charge in [-0.25, -0.2) is 0 Å². The van der Waals surface area contributed by atoms with E-state index in [0.717, 1.165) is 27.8 Å². The number of rotatable bonds is 9. The standard InChI is InChI=1S/C44H51N3O7Si/c1-26-19-28-20-32-34(22-45)47-33(38(46(32)6)36(28)42(40(26)50-8)51-24-49-7)21-31-37(43-41(52-25-53-43)27(2)39(31)48)35(47)23-54-55(44(3,4)5,29-15-11-9-12-16-29)30-17-13-10-14-18-30/h9-19,32-35,38,48H,20-21,23-25H2,1-8H3/t32-,33?,34+,35+,38-/m1/s1. The Kier molecular flexibility index (Phi) is 9.63. The third-order valence-corrected chi connectivity index (χ3v) is 17.5. The number of phenolic OH excluding ortho intramolecular Hbond substituents is 1. The average Bonchev–Trinajstić information content (AvgIpc) is 3.67. The highest BCUT2D eigenvalue weighted by molar-refractivity contribution is 6.99. The predicted octanol–water partition coefficient (Wildman–Crippen LogP) is 6.08. The first kappa shape index (κ1) is 37.4. The molecule has 4 aliphatic rings. The largest absolute Gasteiger partial charge is 0.507 e. The summed E-state index contributed by atoms with van der Waals surface area (Å²) in [7, 11) is 2.35. The SMILES string of the molecule is COCOc1c(OC)c(C)cc2c1[C@H]1C3Cc4c(O)c(C)c5c(c4[C@H](CO[Si](c4ccccc4)(c4ccccc4)C(C)(C)C)N3[C@@H](C#N)[C@@H](C2)N1C)OCO5. The Labute approximate surface area is 325 Å². The average molecular weight is 762 g/mol. The summed E-state index contributed by atoms with van der Waals surface area (Å²) < 4.78 is 37.9. The fourth-order valence-electron chi connectivity index (χ4n) is 10.2. The van der Waals surface area contributed by atoms with Gasteiger partial charge in [-0.3, -0.25) is 9.80 Å². The van der Waals surface area contributed by atoms with E-state index in [9.17, 15) is 10.4 Å². The van der Waals surface area contributed by atoms with Crippen LogP contribution in [0, 0.1) is 25.2 Å². The minimum Gasteiger partial charge on any atom is -0.507 e. The van der Waals surface area contributed by atoms with Crippen molar-refractivity contribution in [2.75, 3.05) is 41.5 Å². The number of fused-ring (bicyclic) bond motifs is 9. The van der Waals surface area contributed by atoms with E-state index in [2.05, 4.69) is 98.3 Å². The number of piperazine rings is 1. The fourth-order valence-corrected chi connectivity index (χ4v) is 14.8. The summed E-state index contributed by atoms with van der Waals surface area (Å²) in [4.78, 5) is 4.72. The quantitative estimate of drug-likeness (QED) is 0.160. The second-order valence-electron chi connectivity index (χ2n) is 16.3. The molecule has 0 spiro atoms. The van der Waals surface area contributed by atoms with E-state index in [4.69, 9.17) is 28.1 Å². The van der Waals surface area contributed by atoms with Crippen LogP contribution in [-0.2, 0) is 22.0 Å². The summed E-state index contributed by atoms with van der Waals surface area (Å²) >= 11 is 0. The molecule has 1 unspecified atom stereocenters. The first-order valence-electron chi connectivity index (χ1n) is 19.1. The molecule has 4 aliphatic heterocycles. The minimum atomic E-state index is -3.04. The number of nitrogens with zero attached hydrogens (tertiary/aromatic N) is 3. The zero-order valence-corrected chi connectivity index (χ0v) is 34.0. The van der Waals surface area contributed by atoms with Gasteiger partial charge in [0.2, 0.25) is 6.79 Å². The number of methoxy groups -OCH3 is 2. The number of benzene rings is 4. The molecule has 10 nitrogen and oxygen atoms in total. The van der Waals surface area contributed by atoms with Crippen LogP contribution in [0.2, 0.25) is 5.04 Å². The number of nitriles is 1. The number of aryl methyl sites for hydroxylation is 1. The van der Waals surface area contributed by atoms with Crippen molar-refractivity contribution >= 4 is 18.7 Å². The van der Waals surface area contributed by atoms with Gasteiger partial charge in [-0.2, -0.15) is 5.26 Å². The Hall–Kier alpha value is -4.57. The first-order valence-corrected chi connectivity index (χ1v) is 21.0. The number of hydrogen-bond acceptors (Lipinski definition) is 10. The van der Waals surface area contributed by atoms with E-state index in [0.29, 0.717) is 41.4 Å². The van der Waals surface area contributed by atoms with Crippen LogP contribution in [0.15, 0.2) is 66.7 Å².